The van der Waals surface area contributed by atoms with Crippen molar-refractivity contribution in [2.75, 3.05) is 5.32 Å². The van der Waals surface area contributed by atoms with Crippen molar-refractivity contribution in [1.29, 1.82) is 0 Å². The van der Waals surface area contributed by atoms with Crippen molar-refractivity contribution in [3.63, 3.8) is 0 Å². The Hall–Kier alpha value is -4.30. The number of imidazole rings is 1. The number of nitrogens with one attached hydrogen (secondary N) is 3. The zero-order chi connectivity index (χ0) is 25.7. The summed E-state index contributed by atoms with van der Waals surface area (Å²) in [6.07, 6.45) is 5.49. The van der Waals surface area contributed by atoms with Gasteiger partial charge in [0.1, 0.15) is 5.69 Å². The molecule has 1 aromatic carbocycles. The number of pyridine rings is 2. The Balaban J connectivity index is 1.40. The van der Waals surface area contributed by atoms with Crippen LogP contribution in [0.1, 0.15) is 25.6 Å². The van der Waals surface area contributed by atoms with Crippen LogP contribution < -0.4 is 5.32 Å². The van der Waals surface area contributed by atoms with E-state index in [0.717, 1.165) is 50.2 Å². The summed E-state index contributed by atoms with van der Waals surface area (Å²) in [6.45, 7) is 12.7. The van der Waals surface area contributed by atoms with Gasteiger partial charge in [-0.1, -0.05) is 33.4 Å². The standard InChI is InChI=1S/C29H27N7S/c1-16-6-9-24(37-16)21-10-11-31-27-25(21)33-28(34-27)26-22-13-18(7-8-23(22)35-36-26)19-12-20(15-30-14-19)32-17(2)29(3,4)5/h6-15,32H,2H2,1,3-5H3,(H,35,36)(H,31,33,34). The van der Waals surface area contributed by atoms with E-state index < -0.39 is 0 Å². The predicted octanol–water partition coefficient (Wildman–Crippen LogP) is 7.57. The third-order valence-electron chi connectivity index (χ3n) is 6.46. The number of anilines is 1. The fourth-order valence-corrected chi connectivity index (χ4v) is 5.11. The Morgan fingerprint density at radius 1 is 1.03 bits per heavy atom. The van der Waals surface area contributed by atoms with Crippen LogP contribution in [0, 0.1) is 12.3 Å². The van der Waals surface area contributed by atoms with Gasteiger partial charge < -0.3 is 10.3 Å². The molecular weight excluding hydrogens is 478 g/mol. The van der Waals surface area contributed by atoms with E-state index in [0.29, 0.717) is 11.5 Å². The maximum atomic E-state index is 4.79. The molecular formula is C29H27N7S. The Morgan fingerprint density at radius 3 is 2.68 bits per heavy atom. The van der Waals surface area contributed by atoms with Crippen LogP contribution in [0.2, 0.25) is 0 Å². The Morgan fingerprint density at radius 2 is 1.89 bits per heavy atom. The molecule has 184 valence electrons. The molecule has 0 aliphatic carbocycles. The fourth-order valence-electron chi connectivity index (χ4n) is 4.21. The minimum absolute atomic E-state index is 0.0513. The zero-order valence-electron chi connectivity index (χ0n) is 21.2. The van der Waals surface area contributed by atoms with Gasteiger partial charge in [-0.05, 0) is 48.9 Å². The molecule has 0 spiro atoms. The summed E-state index contributed by atoms with van der Waals surface area (Å²) in [6, 6.07) is 14.6. The zero-order valence-corrected chi connectivity index (χ0v) is 22.0. The molecule has 5 aromatic heterocycles. The van der Waals surface area contributed by atoms with Crippen LogP contribution in [0.5, 0.6) is 0 Å². The summed E-state index contributed by atoms with van der Waals surface area (Å²) < 4.78 is 0. The van der Waals surface area contributed by atoms with Gasteiger partial charge in [-0.15, -0.1) is 11.3 Å². The van der Waals surface area contributed by atoms with E-state index in [4.69, 9.17) is 4.98 Å². The molecule has 5 heterocycles. The molecule has 0 amide bonds. The quantitative estimate of drug-likeness (QED) is 0.225. The minimum Gasteiger partial charge on any atom is -0.358 e. The molecule has 6 rings (SSSR count). The van der Waals surface area contributed by atoms with E-state index >= 15 is 0 Å². The predicted molar refractivity (Wildman–Crippen MR) is 152 cm³/mol. The summed E-state index contributed by atoms with van der Waals surface area (Å²) in [5.74, 6) is 0.682. The van der Waals surface area contributed by atoms with Crippen molar-refractivity contribution >= 4 is 39.1 Å². The molecule has 0 unspecified atom stereocenters. The second-order valence-electron chi connectivity index (χ2n) is 10.2. The lowest BCUT2D eigenvalue weighted by Crippen LogP contribution is -2.15. The number of rotatable bonds is 5. The Bertz CT molecular complexity index is 1780. The number of hydrogen-bond donors (Lipinski definition) is 3. The number of H-pyrrole nitrogens is 2. The minimum atomic E-state index is -0.0513. The van der Waals surface area contributed by atoms with E-state index in [-0.39, 0.29) is 5.41 Å². The molecule has 0 aliphatic rings. The molecule has 0 atom stereocenters. The average molecular weight is 506 g/mol. The molecule has 0 saturated carbocycles. The largest absolute Gasteiger partial charge is 0.358 e. The summed E-state index contributed by atoms with van der Waals surface area (Å²) in [4.78, 5) is 19.7. The second-order valence-corrected chi connectivity index (χ2v) is 11.5. The van der Waals surface area contributed by atoms with Crippen molar-refractivity contribution in [3.8, 4) is 33.1 Å². The van der Waals surface area contributed by atoms with Crippen molar-refractivity contribution < 1.29 is 0 Å². The van der Waals surface area contributed by atoms with E-state index in [1.807, 2.05) is 24.5 Å². The molecule has 7 nitrogen and oxygen atoms in total. The Kier molecular flexibility index (Phi) is 5.42. The van der Waals surface area contributed by atoms with Crippen molar-refractivity contribution in [2.45, 2.75) is 27.7 Å². The van der Waals surface area contributed by atoms with Crippen LogP contribution in [-0.4, -0.2) is 30.1 Å². The lowest BCUT2D eigenvalue weighted by atomic mass is 9.93. The SMILES string of the molecule is C=C(Nc1cncc(-c2ccc3[nH]nc(-c4nc5nccc(-c6ccc(C)s6)c5[nH]4)c3c2)c1)C(C)(C)C. The van der Waals surface area contributed by atoms with Crippen LogP contribution in [-0.2, 0) is 0 Å². The summed E-state index contributed by atoms with van der Waals surface area (Å²) in [5, 5.41) is 12.1. The van der Waals surface area contributed by atoms with E-state index in [2.05, 4.69) is 95.1 Å². The topological polar surface area (TPSA) is 95.2 Å². The molecule has 37 heavy (non-hydrogen) atoms. The maximum absolute atomic E-state index is 4.79. The number of thiophene rings is 1. The van der Waals surface area contributed by atoms with Gasteiger partial charge in [0.15, 0.2) is 11.5 Å². The highest BCUT2D eigenvalue weighted by atomic mass is 32.1. The van der Waals surface area contributed by atoms with Gasteiger partial charge >= 0.3 is 0 Å². The van der Waals surface area contributed by atoms with Gasteiger partial charge in [-0.3, -0.25) is 10.1 Å². The first-order valence-corrected chi connectivity index (χ1v) is 12.9. The first-order valence-electron chi connectivity index (χ1n) is 12.1. The van der Waals surface area contributed by atoms with Gasteiger partial charge in [0.25, 0.3) is 0 Å². The van der Waals surface area contributed by atoms with Crippen LogP contribution >= 0.6 is 11.3 Å². The first-order chi connectivity index (χ1) is 17.8. The Labute approximate surface area is 218 Å². The summed E-state index contributed by atoms with van der Waals surface area (Å²) >= 11 is 1.76. The third-order valence-corrected chi connectivity index (χ3v) is 7.49. The summed E-state index contributed by atoms with van der Waals surface area (Å²) in [5.41, 5.74) is 8.20. The van der Waals surface area contributed by atoms with Crippen molar-refractivity contribution in [2.24, 2.45) is 5.41 Å². The van der Waals surface area contributed by atoms with Crippen LogP contribution in [0.3, 0.4) is 0 Å². The lowest BCUT2D eigenvalue weighted by Gasteiger charge is -2.23. The lowest BCUT2D eigenvalue weighted by molar-refractivity contribution is 0.509. The van der Waals surface area contributed by atoms with Gasteiger partial charge in [0.05, 0.1) is 22.9 Å². The monoisotopic (exact) mass is 505 g/mol. The van der Waals surface area contributed by atoms with Gasteiger partial charge in [0, 0.05) is 49.8 Å². The van der Waals surface area contributed by atoms with Gasteiger partial charge in [0.2, 0.25) is 0 Å². The molecule has 3 N–H and O–H groups in total. The number of nitrogens with zero attached hydrogens (tertiary/aromatic N) is 4. The fraction of sp³-hybridized carbons (Fsp3) is 0.172. The number of fused-ring (bicyclic) bond motifs is 2. The second kappa shape index (κ2) is 8.67. The number of aromatic nitrogens is 6. The highest BCUT2D eigenvalue weighted by Crippen LogP contribution is 2.35. The maximum Gasteiger partial charge on any atom is 0.178 e. The number of aromatic amines is 2. The highest BCUT2D eigenvalue weighted by Gasteiger charge is 2.18. The molecule has 0 saturated heterocycles. The van der Waals surface area contributed by atoms with Crippen LogP contribution in [0.15, 0.2) is 73.3 Å². The van der Waals surface area contributed by atoms with Crippen molar-refractivity contribution in [3.05, 3.63) is 78.2 Å². The third kappa shape index (κ3) is 4.29. The number of aryl methyl sites for hydroxylation is 1. The van der Waals surface area contributed by atoms with Gasteiger partial charge in [-0.25, -0.2) is 9.97 Å². The van der Waals surface area contributed by atoms with Crippen LogP contribution in [0.25, 0.3) is 55.2 Å². The number of benzene rings is 1. The first kappa shape index (κ1) is 23.1. The average Bonchev–Trinajstić information content (AvgIpc) is 3.60. The van der Waals surface area contributed by atoms with E-state index in [1.165, 1.54) is 9.75 Å². The number of hydrogen-bond acceptors (Lipinski definition) is 6. The summed E-state index contributed by atoms with van der Waals surface area (Å²) in [7, 11) is 0. The molecule has 0 radical (unpaired) electrons. The van der Waals surface area contributed by atoms with Crippen LogP contribution in [0.4, 0.5) is 5.69 Å². The molecule has 0 bridgehead atoms. The smallest absolute Gasteiger partial charge is 0.178 e. The highest BCUT2D eigenvalue weighted by molar-refractivity contribution is 7.15. The number of allylic oxidation sites excluding steroid dienone is 1. The van der Waals surface area contributed by atoms with E-state index in [1.54, 1.807) is 17.5 Å². The van der Waals surface area contributed by atoms with Gasteiger partial charge in [-0.2, -0.15) is 5.10 Å². The molecule has 8 heteroatoms. The van der Waals surface area contributed by atoms with E-state index in [9.17, 15) is 0 Å². The molecule has 0 aliphatic heterocycles. The normalized spacial score (nSPS) is 11.9. The van der Waals surface area contributed by atoms with Crippen molar-refractivity contribution in [1.82, 2.24) is 30.1 Å². The molecule has 6 aromatic rings. The molecule has 0 fully saturated rings.